The molecule has 0 spiro atoms. The zero-order chi connectivity index (χ0) is 19.7. The molecule has 3 aliphatic rings. The van der Waals surface area contributed by atoms with Crippen LogP contribution in [-0.4, -0.2) is 55.3 Å². The van der Waals surface area contributed by atoms with Gasteiger partial charge in [-0.1, -0.05) is 12.1 Å². The number of fused-ring (bicyclic) bond motifs is 1. The van der Waals surface area contributed by atoms with Gasteiger partial charge in [0.15, 0.2) is 17.5 Å². The van der Waals surface area contributed by atoms with Crippen molar-refractivity contribution < 1.29 is 19.1 Å². The van der Waals surface area contributed by atoms with Gasteiger partial charge in [-0.05, 0) is 31.7 Å². The molecule has 0 bridgehead atoms. The summed E-state index contributed by atoms with van der Waals surface area (Å²) < 4.78 is 11.0. The van der Waals surface area contributed by atoms with Crippen LogP contribution in [0.5, 0.6) is 11.5 Å². The SMILES string of the molecule is CN=C(NCc1cccc2c1OCO2)N1CCC(C2(C)NC(=O)NC2=O)CC1.I. The lowest BCUT2D eigenvalue weighted by molar-refractivity contribution is -0.125. The highest BCUT2D eigenvalue weighted by atomic mass is 127. The van der Waals surface area contributed by atoms with Crippen LogP contribution in [0.15, 0.2) is 23.2 Å². The number of ether oxygens (including phenoxy) is 2. The van der Waals surface area contributed by atoms with Crippen molar-refractivity contribution in [2.24, 2.45) is 10.9 Å². The van der Waals surface area contributed by atoms with Gasteiger partial charge in [0.2, 0.25) is 6.79 Å². The van der Waals surface area contributed by atoms with Gasteiger partial charge in [-0.3, -0.25) is 15.1 Å². The number of piperidine rings is 1. The Morgan fingerprint density at radius 1 is 1.31 bits per heavy atom. The Balaban J connectivity index is 0.00000240. The highest BCUT2D eigenvalue weighted by Gasteiger charge is 2.48. The Hall–Kier alpha value is -2.24. The highest BCUT2D eigenvalue weighted by molar-refractivity contribution is 14.0. The minimum atomic E-state index is -0.831. The van der Waals surface area contributed by atoms with Gasteiger partial charge in [0, 0.05) is 32.2 Å². The number of aliphatic imine (C=N–C) groups is 1. The minimum Gasteiger partial charge on any atom is -0.454 e. The fourth-order valence-corrected chi connectivity index (χ4v) is 4.15. The van der Waals surface area contributed by atoms with Crippen molar-refractivity contribution in [1.82, 2.24) is 20.9 Å². The molecule has 0 saturated carbocycles. The second-order valence-corrected chi connectivity index (χ2v) is 7.42. The van der Waals surface area contributed by atoms with E-state index in [4.69, 9.17) is 9.47 Å². The lowest BCUT2D eigenvalue weighted by atomic mass is 9.79. The summed E-state index contributed by atoms with van der Waals surface area (Å²) in [6, 6.07) is 5.43. The lowest BCUT2D eigenvalue weighted by Gasteiger charge is -2.39. The zero-order valence-corrected chi connectivity index (χ0v) is 18.8. The van der Waals surface area contributed by atoms with E-state index in [0.29, 0.717) is 6.54 Å². The Morgan fingerprint density at radius 2 is 2.07 bits per heavy atom. The molecule has 158 valence electrons. The van der Waals surface area contributed by atoms with E-state index in [1.807, 2.05) is 18.2 Å². The van der Waals surface area contributed by atoms with E-state index in [9.17, 15) is 9.59 Å². The number of hydrogen-bond acceptors (Lipinski definition) is 5. The predicted molar refractivity (Wildman–Crippen MR) is 118 cm³/mol. The molecule has 2 fully saturated rings. The number of carbonyl (C=O) groups is 2. The number of imide groups is 1. The maximum atomic E-state index is 12.2. The first-order chi connectivity index (χ1) is 13.5. The molecule has 1 unspecified atom stereocenters. The molecule has 29 heavy (non-hydrogen) atoms. The molecule has 0 aliphatic carbocycles. The normalized spacial score (nSPS) is 24.1. The maximum Gasteiger partial charge on any atom is 0.322 e. The molecule has 3 heterocycles. The van der Waals surface area contributed by atoms with Crippen LogP contribution in [0.25, 0.3) is 0 Å². The quantitative estimate of drug-likeness (QED) is 0.244. The number of urea groups is 1. The van der Waals surface area contributed by atoms with Crippen molar-refractivity contribution in [3.63, 3.8) is 0 Å². The molecule has 3 N–H and O–H groups in total. The smallest absolute Gasteiger partial charge is 0.322 e. The number of likely N-dealkylation sites (tertiary alicyclic amines) is 1. The van der Waals surface area contributed by atoms with Crippen molar-refractivity contribution in [3.05, 3.63) is 23.8 Å². The number of para-hydroxylation sites is 1. The molecule has 9 nitrogen and oxygen atoms in total. The number of amides is 3. The lowest BCUT2D eigenvalue weighted by Crippen LogP contribution is -2.55. The van der Waals surface area contributed by atoms with Crippen LogP contribution in [-0.2, 0) is 11.3 Å². The van der Waals surface area contributed by atoms with Crippen LogP contribution < -0.4 is 25.4 Å². The van der Waals surface area contributed by atoms with Crippen LogP contribution in [0.1, 0.15) is 25.3 Å². The number of benzene rings is 1. The third kappa shape index (κ3) is 4.07. The van der Waals surface area contributed by atoms with Crippen molar-refractivity contribution in [1.29, 1.82) is 0 Å². The molecule has 2 saturated heterocycles. The Labute approximate surface area is 186 Å². The fourth-order valence-electron chi connectivity index (χ4n) is 4.15. The van der Waals surface area contributed by atoms with Gasteiger partial charge in [0.1, 0.15) is 5.54 Å². The van der Waals surface area contributed by atoms with Crippen LogP contribution in [0.4, 0.5) is 4.79 Å². The second kappa shape index (κ2) is 8.64. The molecule has 10 heteroatoms. The number of carbonyl (C=O) groups excluding carboxylic acids is 2. The largest absolute Gasteiger partial charge is 0.454 e. The molecular weight excluding hydrogens is 489 g/mol. The molecular formula is C19H26IN5O4. The number of nitrogens with one attached hydrogen (secondary N) is 3. The summed E-state index contributed by atoms with van der Waals surface area (Å²) in [6.45, 7) is 4.15. The van der Waals surface area contributed by atoms with Crippen molar-refractivity contribution in [2.75, 3.05) is 26.9 Å². The van der Waals surface area contributed by atoms with E-state index in [2.05, 4.69) is 25.8 Å². The zero-order valence-electron chi connectivity index (χ0n) is 16.5. The van der Waals surface area contributed by atoms with Crippen molar-refractivity contribution >= 4 is 41.9 Å². The number of halogens is 1. The molecule has 0 aromatic heterocycles. The number of rotatable bonds is 3. The summed E-state index contributed by atoms with van der Waals surface area (Å²) in [4.78, 5) is 30.3. The fraction of sp³-hybridized carbons (Fsp3) is 0.526. The van der Waals surface area contributed by atoms with Crippen molar-refractivity contribution in [2.45, 2.75) is 31.8 Å². The first-order valence-electron chi connectivity index (χ1n) is 9.48. The molecule has 1 aromatic rings. The van der Waals surface area contributed by atoms with E-state index < -0.39 is 11.6 Å². The first kappa shape index (κ1) is 21.5. The van der Waals surface area contributed by atoms with Gasteiger partial charge in [-0.15, -0.1) is 24.0 Å². The third-order valence-corrected chi connectivity index (χ3v) is 5.81. The summed E-state index contributed by atoms with van der Waals surface area (Å²) in [7, 11) is 1.76. The molecule has 4 rings (SSSR count). The Bertz CT molecular complexity index is 825. The van der Waals surface area contributed by atoms with E-state index >= 15 is 0 Å². The maximum absolute atomic E-state index is 12.2. The second-order valence-electron chi connectivity index (χ2n) is 7.42. The van der Waals surface area contributed by atoms with Crippen LogP contribution >= 0.6 is 24.0 Å². The van der Waals surface area contributed by atoms with E-state index in [-0.39, 0.29) is 42.6 Å². The standard InChI is InChI=1S/C19H25N5O4.HI/c1-19(16(25)22-18(26)23-19)13-6-8-24(9-7-13)17(20-2)21-10-12-4-3-5-14-15(12)28-11-27-14;/h3-5,13H,6-11H2,1-2H3,(H,20,21)(H2,22,23,25,26);1H. The Morgan fingerprint density at radius 3 is 2.72 bits per heavy atom. The van der Waals surface area contributed by atoms with Crippen LogP contribution in [0, 0.1) is 5.92 Å². The molecule has 0 radical (unpaired) electrons. The van der Waals surface area contributed by atoms with E-state index in [1.165, 1.54) is 0 Å². The van der Waals surface area contributed by atoms with Crippen LogP contribution in [0.3, 0.4) is 0 Å². The molecule has 1 atom stereocenters. The number of nitrogens with zero attached hydrogens (tertiary/aromatic N) is 2. The molecule has 3 aliphatic heterocycles. The van der Waals surface area contributed by atoms with Crippen LogP contribution in [0.2, 0.25) is 0 Å². The summed E-state index contributed by atoms with van der Waals surface area (Å²) >= 11 is 0. The van der Waals surface area contributed by atoms with Gasteiger partial charge in [0.05, 0.1) is 0 Å². The summed E-state index contributed by atoms with van der Waals surface area (Å²) in [5, 5.41) is 8.52. The topological polar surface area (TPSA) is 104 Å². The Kier molecular flexibility index (Phi) is 6.39. The number of hydrogen-bond donors (Lipinski definition) is 3. The van der Waals surface area contributed by atoms with Crippen molar-refractivity contribution in [3.8, 4) is 11.5 Å². The van der Waals surface area contributed by atoms with E-state index in [1.54, 1.807) is 14.0 Å². The van der Waals surface area contributed by atoms with E-state index in [0.717, 1.165) is 49.0 Å². The monoisotopic (exact) mass is 515 g/mol. The van der Waals surface area contributed by atoms with Gasteiger partial charge >= 0.3 is 6.03 Å². The highest BCUT2D eigenvalue weighted by Crippen LogP contribution is 2.35. The number of guanidine groups is 1. The third-order valence-electron chi connectivity index (χ3n) is 5.81. The summed E-state index contributed by atoms with van der Waals surface area (Å²) in [5.74, 6) is 2.20. The van der Waals surface area contributed by atoms with Gasteiger partial charge in [-0.2, -0.15) is 0 Å². The summed E-state index contributed by atoms with van der Waals surface area (Å²) in [5.41, 5.74) is 0.186. The predicted octanol–water partition coefficient (Wildman–Crippen LogP) is 1.42. The van der Waals surface area contributed by atoms with Gasteiger partial charge in [0.25, 0.3) is 5.91 Å². The van der Waals surface area contributed by atoms with Gasteiger partial charge < -0.3 is 25.0 Å². The average molecular weight is 515 g/mol. The molecule has 1 aromatic carbocycles. The minimum absolute atomic E-state index is 0. The summed E-state index contributed by atoms with van der Waals surface area (Å²) in [6.07, 6.45) is 1.59. The van der Waals surface area contributed by atoms with Gasteiger partial charge in [-0.25, -0.2) is 4.79 Å². The molecule has 3 amide bonds. The first-order valence-corrected chi connectivity index (χ1v) is 9.48. The average Bonchev–Trinajstić information content (AvgIpc) is 3.27.